The summed E-state index contributed by atoms with van der Waals surface area (Å²) in [5.41, 5.74) is 3.19. The third-order valence-electron chi connectivity index (χ3n) is 5.57. The van der Waals surface area contributed by atoms with Gasteiger partial charge < -0.3 is 14.8 Å². The maximum absolute atomic E-state index is 12.7. The van der Waals surface area contributed by atoms with Crippen LogP contribution in [-0.2, 0) is 17.8 Å². The van der Waals surface area contributed by atoms with E-state index in [0.29, 0.717) is 51.1 Å². The lowest BCUT2D eigenvalue weighted by Crippen LogP contribution is -2.20. The average Bonchev–Trinajstić information content (AvgIpc) is 3.27. The van der Waals surface area contributed by atoms with Crippen molar-refractivity contribution in [3.63, 3.8) is 0 Å². The highest BCUT2D eigenvalue weighted by Gasteiger charge is 2.25. The molecule has 0 unspecified atom stereocenters. The molecular weight excluding hydrogens is 534 g/mol. The zero-order valence-corrected chi connectivity index (χ0v) is 22.6. The fourth-order valence-corrected chi connectivity index (χ4v) is 4.73. The molecule has 1 aliphatic rings. The number of amidine groups is 1. The molecule has 196 valence electrons. The van der Waals surface area contributed by atoms with Crippen LogP contribution in [0.4, 0.5) is 0 Å². The second-order valence-electron chi connectivity index (χ2n) is 8.28. The number of carbonyl (C=O) groups is 2. The van der Waals surface area contributed by atoms with E-state index in [0.717, 1.165) is 22.9 Å². The van der Waals surface area contributed by atoms with Crippen LogP contribution in [0.1, 0.15) is 39.5 Å². The molecule has 4 rings (SSSR count). The number of halogens is 1. The molecule has 1 saturated heterocycles. The first-order valence-corrected chi connectivity index (χ1v) is 13.2. The third-order valence-corrected chi connectivity index (χ3v) is 6.73. The van der Waals surface area contributed by atoms with Crippen molar-refractivity contribution in [3.05, 3.63) is 111 Å². The van der Waals surface area contributed by atoms with Crippen molar-refractivity contribution in [1.82, 2.24) is 5.32 Å². The molecule has 3 aromatic rings. The second kappa shape index (κ2) is 13.0. The van der Waals surface area contributed by atoms with Crippen LogP contribution in [0, 0.1) is 11.3 Å². The molecule has 0 atom stereocenters. The first-order valence-electron chi connectivity index (χ1n) is 12.0. The number of aliphatic imine (C=N–C) groups is 1. The Morgan fingerprint density at radius 3 is 2.64 bits per heavy atom. The maximum atomic E-state index is 12.7. The summed E-state index contributed by atoms with van der Waals surface area (Å²) < 4.78 is 12.1. The van der Waals surface area contributed by atoms with E-state index in [1.54, 1.807) is 54.6 Å². The van der Waals surface area contributed by atoms with Gasteiger partial charge in [0.1, 0.15) is 6.61 Å². The molecule has 0 aromatic heterocycles. The standard InChI is InChI=1S/C30H24ClN3O4S/c1-3-7-21-14-19(15-25(37-4-2)27(21)38-18-23-9-6-5-8-22(23)17-32)16-26-29(36)34-30(39-26)33-28(35)20-10-12-24(31)13-11-20/h3,5-6,8-16H,1,4,7,18H2,2H3,(H,33,34,35,36)/b26-16-. The van der Waals surface area contributed by atoms with Crippen molar-refractivity contribution in [2.24, 2.45) is 4.99 Å². The van der Waals surface area contributed by atoms with Crippen LogP contribution in [0.3, 0.4) is 0 Å². The minimum absolute atomic E-state index is 0.189. The van der Waals surface area contributed by atoms with Gasteiger partial charge in [-0.05, 0) is 79.2 Å². The maximum Gasteiger partial charge on any atom is 0.279 e. The van der Waals surface area contributed by atoms with E-state index in [1.165, 1.54) is 0 Å². The molecule has 1 heterocycles. The van der Waals surface area contributed by atoms with Gasteiger partial charge in [-0.1, -0.05) is 35.9 Å². The minimum atomic E-state index is -0.484. The number of carbonyl (C=O) groups excluding carboxylic acids is 2. The van der Waals surface area contributed by atoms with Gasteiger partial charge in [0.05, 0.1) is 23.1 Å². The lowest BCUT2D eigenvalue weighted by atomic mass is 10.0. The number of hydrogen-bond donors (Lipinski definition) is 1. The van der Waals surface area contributed by atoms with Gasteiger partial charge in [-0.15, -0.1) is 6.58 Å². The number of thioether (sulfide) groups is 1. The monoisotopic (exact) mass is 557 g/mol. The van der Waals surface area contributed by atoms with E-state index in [1.807, 2.05) is 25.1 Å². The zero-order valence-electron chi connectivity index (χ0n) is 21.1. The second-order valence-corrected chi connectivity index (χ2v) is 9.75. The number of rotatable bonds is 9. The summed E-state index contributed by atoms with van der Waals surface area (Å²) in [5.74, 6) is 0.209. The van der Waals surface area contributed by atoms with Crippen molar-refractivity contribution in [2.45, 2.75) is 20.0 Å². The van der Waals surface area contributed by atoms with Crippen molar-refractivity contribution < 1.29 is 19.1 Å². The van der Waals surface area contributed by atoms with E-state index in [4.69, 9.17) is 21.1 Å². The van der Waals surface area contributed by atoms with Crippen LogP contribution >= 0.6 is 23.4 Å². The van der Waals surface area contributed by atoms with Gasteiger partial charge in [0.2, 0.25) is 0 Å². The van der Waals surface area contributed by atoms with Crippen molar-refractivity contribution >= 4 is 46.4 Å². The Kier molecular flexibility index (Phi) is 9.21. The normalized spacial score (nSPS) is 14.6. The largest absolute Gasteiger partial charge is 0.490 e. The average molecular weight is 558 g/mol. The van der Waals surface area contributed by atoms with Crippen LogP contribution in [-0.4, -0.2) is 23.6 Å². The van der Waals surface area contributed by atoms with Crippen molar-refractivity contribution in [1.29, 1.82) is 5.26 Å². The Bertz CT molecular complexity index is 1520. The molecule has 2 amide bonds. The summed E-state index contributed by atoms with van der Waals surface area (Å²) in [5, 5.41) is 12.7. The SMILES string of the molecule is C=CCc1cc(/C=C2\SC(=NC(=O)c3ccc(Cl)cc3)NC2=O)cc(OCC)c1OCc1ccccc1C#N. The summed E-state index contributed by atoms with van der Waals surface area (Å²) in [6.45, 7) is 6.31. The fourth-order valence-electron chi connectivity index (χ4n) is 3.79. The summed E-state index contributed by atoms with van der Waals surface area (Å²) in [4.78, 5) is 29.6. The molecule has 1 fully saturated rings. The molecule has 9 heteroatoms. The predicted octanol–water partition coefficient (Wildman–Crippen LogP) is 6.32. The number of allylic oxidation sites excluding steroid dienone is 1. The molecule has 0 radical (unpaired) electrons. The smallest absolute Gasteiger partial charge is 0.279 e. The van der Waals surface area contributed by atoms with E-state index in [9.17, 15) is 14.9 Å². The Hall–Kier alpha value is -4.32. The molecule has 1 N–H and O–H groups in total. The van der Waals surface area contributed by atoms with Gasteiger partial charge >= 0.3 is 0 Å². The van der Waals surface area contributed by atoms with Gasteiger partial charge in [0, 0.05) is 21.7 Å². The van der Waals surface area contributed by atoms with Crippen LogP contribution in [0.15, 0.2) is 83.2 Å². The number of nitriles is 1. The number of nitrogens with one attached hydrogen (secondary N) is 1. The Balaban J connectivity index is 1.61. The number of amides is 2. The van der Waals surface area contributed by atoms with E-state index in [-0.39, 0.29) is 17.7 Å². The van der Waals surface area contributed by atoms with Crippen molar-refractivity contribution in [2.75, 3.05) is 6.61 Å². The fraction of sp³-hybridized carbons (Fsp3) is 0.133. The summed E-state index contributed by atoms with van der Waals surface area (Å²) in [7, 11) is 0. The highest BCUT2D eigenvalue weighted by Crippen LogP contribution is 2.36. The van der Waals surface area contributed by atoms with Gasteiger partial charge in [-0.3, -0.25) is 9.59 Å². The number of ether oxygens (including phenoxy) is 2. The molecule has 1 aliphatic heterocycles. The minimum Gasteiger partial charge on any atom is -0.490 e. The zero-order chi connectivity index (χ0) is 27.8. The number of benzene rings is 3. The van der Waals surface area contributed by atoms with E-state index in [2.05, 4.69) is 23.0 Å². The lowest BCUT2D eigenvalue weighted by Gasteiger charge is -2.17. The molecule has 39 heavy (non-hydrogen) atoms. The summed E-state index contributed by atoms with van der Waals surface area (Å²) in [6.07, 6.45) is 3.95. The van der Waals surface area contributed by atoms with Gasteiger partial charge in [0.25, 0.3) is 11.8 Å². The quantitative estimate of drug-likeness (QED) is 0.244. The van der Waals surface area contributed by atoms with E-state index < -0.39 is 5.91 Å². The highest BCUT2D eigenvalue weighted by molar-refractivity contribution is 8.18. The van der Waals surface area contributed by atoms with Crippen LogP contribution in [0.2, 0.25) is 5.02 Å². The molecule has 0 saturated carbocycles. The predicted molar refractivity (Wildman–Crippen MR) is 154 cm³/mol. The topological polar surface area (TPSA) is 101 Å². The number of hydrogen-bond acceptors (Lipinski definition) is 6. The van der Waals surface area contributed by atoms with Crippen LogP contribution in [0.5, 0.6) is 11.5 Å². The lowest BCUT2D eigenvalue weighted by molar-refractivity contribution is -0.115. The van der Waals surface area contributed by atoms with E-state index >= 15 is 0 Å². The first kappa shape index (κ1) is 27.7. The van der Waals surface area contributed by atoms with Crippen molar-refractivity contribution in [3.8, 4) is 17.6 Å². The molecule has 0 spiro atoms. The third kappa shape index (κ3) is 6.96. The molecule has 7 nitrogen and oxygen atoms in total. The first-order chi connectivity index (χ1) is 18.9. The number of nitrogens with zero attached hydrogens (tertiary/aromatic N) is 2. The summed E-state index contributed by atoms with van der Waals surface area (Å²) >= 11 is 6.96. The Labute approximate surface area is 235 Å². The van der Waals surface area contributed by atoms with Gasteiger partial charge in [-0.2, -0.15) is 10.3 Å². The van der Waals surface area contributed by atoms with Crippen LogP contribution < -0.4 is 14.8 Å². The summed E-state index contributed by atoms with van der Waals surface area (Å²) in [6, 6.07) is 19.5. The Morgan fingerprint density at radius 1 is 1.15 bits per heavy atom. The molecule has 3 aromatic carbocycles. The highest BCUT2D eigenvalue weighted by atomic mass is 35.5. The van der Waals surface area contributed by atoms with Crippen LogP contribution in [0.25, 0.3) is 6.08 Å². The van der Waals surface area contributed by atoms with Gasteiger partial charge in [0.15, 0.2) is 16.7 Å². The molecule has 0 bridgehead atoms. The Morgan fingerprint density at radius 2 is 1.92 bits per heavy atom. The molecular formula is C30H24ClN3O4S. The molecule has 0 aliphatic carbocycles. The van der Waals surface area contributed by atoms with Gasteiger partial charge in [-0.25, -0.2) is 0 Å².